The Labute approximate surface area is 99.0 Å². The average molecular weight is 241 g/mol. The molecule has 0 unspecified atom stereocenters. The van der Waals surface area contributed by atoms with Gasteiger partial charge in [0.15, 0.2) is 5.82 Å². The number of anilines is 1. The fourth-order valence-corrected chi connectivity index (χ4v) is 1.87. The van der Waals surface area contributed by atoms with E-state index < -0.39 is 5.82 Å². The molecule has 1 saturated heterocycles. The number of hydrogen-bond acceptors (Lipinski definition) is 5. The number of aromatic nitrogens is 2. The zero-order chi connectivity index (χ0) is 12.1. The lowest BCUT2D eigenvalue weighted by Gasteiger charge is -2.35. The Morgan fingerprint density at radius 2 is 2.00 bits per heavy atom. The maximum absolute atomic E-state index is 12.6. The number of nitrogens with zero attached hydrogens (tertiary/aromatic N) is 2. The molecule has 0 bridgehead atoms. The fraction of sp³-hybridized carbons (Fsp3) is 0.636. The van der Waals surface area contributed by atoms with E-state index in [4.69, 9.17) is 4.74 Å². The maximum Gasteiger partial charge on any atom is 0.222 e. The first-order valence-corrected chi connectivity index (χ1v) is 5.64. The van der Waals surface area contributed by atoms with Crippen molar-refractivity contribution in [1.82, 2.24) is 9.97 Å². The third-order valence-electron chi connectivity index (χ3n) is 3.13. The molecule has 1 aliphatic rings. The standard InChI is InChI=1S/C11H16FN3O2/c12-9-5-13-10(14-6-9)15-7-11(8-16)1-3-17-4-2-11/h5-6,16H,1-4,7-8H2,(H,13,14,15). The maximum atomic E-state index is 12.6. The first kappa shape index (κ1) is 12.2. The summed E-state index contributed by atoms with van der Waals surface area (Å²) in [7, 11) is 0. The summed E-state index contributed by atoms with van der Waals surface area (Å²) in [6, 6.07) is 0. The minimum atomic E-state index is -0.460. The van der Waals surface area contributed by atoms with Crippen molar-refractivity contribution in [3.63, 3.8) is 0 Å². The van der Waals surface area contributed by atoms with E-state index in [2.05, 4.69) is 15.3 Å². The first-order chi connectivity index (χ1) is 8.24. The Hall–Kier alpha value is -1.27. The molecule has 6 heteroatoms. The molecule has 0 aliphatic carbocycles. The first-order valence-electron chi connectivity index (χ1n) is 5.64. The van der Waals surface area contributed by atoms with Crippen molar-refractivity contribution in [3.05, 3.63) is 18.2 Å². The highest BCUT2D eigenvalue weighted by Crippen LogP contribution is 2.29. The van der Waals surface area contributed by atoms with Gasteiger partial charge in [0.05, 0.1) is 19.0 Å². The van der Waals surface area contributed by atoms with Gasteiger partial charge in [0.2, 0.25) is 5.95 Å². The normalized spacial score (nSPS) is 18.9. The lowest BCUT2D eigenvalue weighted by atomic mass is 9.81. The topological polar surface area (TPSA) is 67.3 Å². The monoisotopic (exact) mass is 241 g/mol. The molecule has 0 saturated carbocycles. The summed E-state index contributed by atoms with van der Waals surface area (Å²) in [5.41, 5.74) is -0.185. The molecule has 17 heavy (non-hydrogen) atoms. The van der Waals surface area contributed by atoms with Crippen molar-refractivity contribution in [3.8, 4) is 0 Å². The summed E-state index contributed by atoms with van der Waals surface area (Å²) in [5.74, 6) is -0.0794. The molecule has 1 aliphatic heterocycles. The molecule has 5 nitrogen and oxygen atoms in total. The van der Waals surface area contributed by atoms with Crippen molar-refractivity contribution in [1.29, 1.82) is 0 Å². The molecule has 0 aromatic carbocycles. The van der Waals surface area contributed by atoms with Gasteiger partial charge >= 0.3 is 0 Å². The van der Waals surface area contributed by atoms with Crippen LogP contribution in [0.1, 0.15) is 12.8 Å². The molecule has 0 spiro atoms. The predicted octanol–water partition coefficient (Wildman–Crippen LogP) is 0.817. The van der Waals surface area contributed by atoms with Gasteiger partial charge in [-0.3, -0.25) is 0 Å². The Bertz CT molecular complexity index is 352. The van der Waals surface area contributed by atoms with Crippen LogP contribution in [0, 0.1) is 11.2 Å². The van der Waals surface area contributed by atoms with Crippen LogP contribution in [0.2, 0.25) is 0 Å². The van der Waals surface area contributed by atoms with E-state index in [1.807, 2.05) is 0 Å². The van der Waals surface area contributed by atoms with Crippen LogP contribution in [0.4, 0.5) is 10.3 Å². The van der Waals surface area contributed by atoms with Crippen LogP contribution in [0.25, 0.3) is 0 Å². The summed E-state index contributed by atoms with van der Waals surface area (Å²) in [5, 5.41) is 12.5. The van der Waals surface area contributed by atoms with Crippen molar-refractivity contribution in [2.45, 2.75) is 12.8 Å². The van der Waals surface area contributed by atoms with E-state index in [-0.39, 0.29) is 12.0 Å². The quantitative estimate of drug-likeness (QED) is 0.816. The third kappa shape index (κ3) is 3.10. The van der Waals surface area contributed by atoms with Crippen molar-refractivity contribution in [2.24, 2.45) is 5.41 Å². The minimum Gasteiger partial charge on any atom is -0.396 e. The number of hydrogen-bond donors (Lipinski definition) is 2. The number of rotatable bonds is 4. The highest BCUT2D eigenvalue weighted by Gasteiger charge is 2.31. The van der Waals surface area contributed by atoms with Gasteiger partial charge in [0.25, 0.3) is 0 Å². The second-order valence-electron chi connectivity index (χ2n) is 4.35. The molecule has 94 valence electrons. The van der Waals surface area contributed by atoms with Crippen LogP contribution in [0.3, 0.4) is 0 Å². The molecule has 2 N–H and O–H groups in total. The summed E-state index contributed by atoms with van der Waals surface area (Å²) in [6.45, 7) is 1.99. The lowest BCUT2D eigenvalue weighted by Crippen LogP contribution is -2.39. The number of halogens is 1. The molecule has 2 rings (SSSR count). The van der Waals surface area contributed by atoms with E-state index >= 15 is 0 Å². The second-order valence-corrected chi connectivity index (χ2v) is 4.35. The lowest BCUT2D eigenvalue weighted by molar-refractivity contribution is -0.00865. The highest BCUT2D eigenvalue weighted by molar-refractivity contribution is 5.23. The van der Waals surface area contributed by atoms with Crippen molar-refractivity contribution in [2.75, 3.05) is 31.7 Å². The minimum absolute atomic E-state index is 0.102. The third-order valence-corrected chi connectivity index (χ3v) is 3.13. The number of ether oxygens (including phenoxy) is 1. The molecule has 0 atom stereocenters. The zero-order valence-corrected chi connectivity index (χ0v) is 9.53. The molecule has 1 aromatic rings. The van der Waals surface area contributed by atoms with Gasteiger partial charge in [-0.1, -0.05) is 0 Å². The Morgan fingerprint density at radius 1 is 1.35 bits per heavy atom. The van der Waals surface area contributed by atoms with Crippen LogP contribution in [-0.2, 0) is 4.74 Å². The van der Waals surface area contributed by atoms with E-state index in [1.54, 1.807) is 0 Å². The number of aliphatic hydroxyl groups excluding tert-OH is 1. The van der Waals surface area contributed by atoms with Gasteiger partial charge < -0.3 is 15.2 Å². The van der Waals surface area contributed by atoms with Gasteiger partial charge in [-0.05, 0) is 12.8 Å². The number of nitrogens with one attached hydrogen (secondary N) is 1. The van der Waals surface area contributed by atoms with E-state index in [0.717, 1.165) is 25.2 Å². The molecular weight excluding hydrogens is 225 g/mol. The van der Waals surface area contributed by atoms with Gasteiger partial charge in [0, 0.05) is 25.2 Å². The van der Waals surface area contributed by atoms with Crippen LogP contribution in [0.5, 0.6) is 0 Å². The molecule has 1 aromatic heterocycles. The van der Waals surface area contributed by atoms with Gasteiger partial charge in [-0.15, -0.1) is 0 Å². The Morgan fingerprint density at radius 3 is 2.59 bits per heavy atom. The van der Waals surface area contributed by atoms with E-state index in [9.17, 15) is 9.50 Å². The SMILES string of the molecule is OCC1(CNc2ncc(F)cn2)CCOCC1. The molecule has 0 radical (unpaired) electrons. The van der Waals surface area contributed by atoms with Crippen LogP contribution >= 0.6 is 0 Å². The van der Waals surface area contributed by atoms with Gasteiger partial charge in [-0.2, -0.15) is 0 Å². The van der Waals surface area contributed by atoms with Crippen molar-refractivity contribution < 1.29 is 14.2 Å². The fourth-order valence-electron chi connectivity index (χ4n) is 1.87. The van der Waals surface area contributed by atoms with E-state index in [1.165, 1.54) is 0 Å². The van der Waals surface area contributed by atoms with E-state index in [0.29, 0.717) is 25.7 Å². The Kier molecular flexibility index (Phi) is 3.86. The zero-order valence-electron chi connectivity index (χ0n) is 9.53. The molecule has 2 heterocycles. The summed E-state index contributed by atoms with van der Waals surface area (Å²) >= 11 is 0. The molecule has 1 fully saturated rings. The summed E-state index contributed by atoms with van der Waals surface area (Å²) < 4.78 is 17.9. The average Bonchev–Trinajstić information content (AvgIpc) is 2.39. The summed E-state index contributed by atoms with van der Waals surface area (Å²) in [4.78, 5) is 7.64. The summed E-state index contributed by atoms with van der Waals surface area (Å²) in [6.07, 6.45) is 3.84. The smallest absolute Gasteiger partial charge is 0.222 e. The van der Waals surface area contributed by atoms with Crippen LogP contribution in [0.15, 0.2) is 12.4 Å². The Balaban J connectivity index is 1.93. The second kappa shape index (κ2) is 5.37. The van der Waals surface area contributed by atoms with Crippen molar-refractivity contribution >= 4 is 5.95 Å². The molecule has 0 amide bonds. The predicted molar refractivity (Wildman–Crippen MR) is 60.1 cm³/mol. The van der Waals surface area contributed by atoms with Gasteiger partial charge in [0.1, 0.15) is 0 Å². The van der Waals surface area contributed by atoms with Crippen LogP contribution in [-0.4, -0.2) is 41.4 Å². The molecular formula is C11H16FN3O2. The van der Waals surface area contributed by atoms with Gasteiger partial charge in [-0.25, -0.2) is 14.4 Å². The largest absolute Gasteiger partial charge is 0.396 e. The highest BCUT2D eigenvalue weighted by atomic mass is 19.1. The number of aliphatic hydroxyl groups is 1. The van der Waals surface area contributed by atoms with Crippen LogP contribution < -0.4 is 5.32 Å².